The zero-order chi connectivity index (χ0) is 9.98. The van der Waals surface area contributed by atoms with E-state index < -0.39 is 5.97 Å². The van der Waals surface area contributed by atoms with E-state index in [2.05, 4.69) is 17.3 Å². The number of nitrogens with two attached hydrogens (primary N) is 1. The molecule has 0 amide bonds. The maximum atomic E-state index is 10.1. The van der Waals surface area contributed by atoms with Gasteiger partial charge in [-0.25, -0.2) is 4.79 Å². The highest BCUT2D eigenvalue weighted by Gasteiger charge is 1.96. The highest BCUT2D eigenvalue weighted by molar-refractivity contribution is 5.86. The minimum atomic E-state index is -0.569. The zero-order valence-corrected chi connectivity index (χ0v) is 7.24. The lowest BCUT2D eigenvalue weighted by Gasteiger charge is -1.90. The molecule has 0 radical (unpaired) electrons. The third kappa shape index (κ3) is 11.4. The first-order chi connectivity index (χ1) is 5.59. The van der Waals surface area contributed by atoms with E-state index in [-0.39, 0.29) is 0 Å². The predicted molar refractivity (Wildman–Crippen MR) is 46.0 cm³/mol. The van der Waals surface area contributed by atoms with Gasteiger partial charge in [-0.05, 0) is 19.9 Å². The SMILES string of the molecule is C=C(C)C(=O)ON.CC=CC=O. The summed E-state index contributed by atoms with van der Waals surface area (Å²) in [7, 11) is 0. The minimum Gasteiger partial charge on any atom is -0.370 e. The molecule has 0 aliphatic rings. The molecule has 0 aromatic heterocycles. The van der Waals surface area contributed by atoms with Crippen molar-refractivity contribution < 1.29 is 14.4 Å². The van der Waals surface area contributed by atoms with Crippen LogP contribution in [0.25, 0.3) is 0 Å². The zero-order valence-electron chi connectivity index (χ0n) is 7.24. The summed E-state index contributed by atoms with van der Waals surface area (Å²) in [6.07, 6.45) is 3.88. The summed E-state index contributed by atoms with van der Waals surface area (Å²) in [6, 6.07) is 0. The van der Waals surface area contributed by atoms with Gasteiger partial charge in [-0.15, -0.1) is 0 Å². The van der Waals surface area contributed by atoms with Gasteiger partial charge in [-0.2, -0.15) is 5.90 Å². The Balaban J connectivity index is 0. The van der Waals surface area contributed by atoms with Crippen LogP contribution in [0.1, 0.15) is 13.8 Å². The number of rotatable bonds is 2. The molecule has 0 atom stereocenters. The van der Waals surface area contributed by atoms with Crippen molar-refractivity contribution in [2.45, 2.75) is 13.8 Å². The van der Waals surface area contributed by atoms with Crippen molar-refractivity contribution in [2.75, 3.05) is 0 Å². The average molecular weight is 171 g/mol. The van der Waals surface area contributed by atoms with Crippen molar-refractivity contribution in [1.29, 1.82) is 0 Å². The largest absolute Gasteiger partial charge is 0.370 e. The molecule has 0 rings (SSSR count). The van der Waals surface area contributed by atoms with E-state index in [0.717, 1.165) is 6.29 Å². The van der Waals surface area contributed by atoms with Crippen LogP contribution in [0.2, 0.25) is 0 Å². The molecule has 0 bridgehead atoms. The average Bonchev–Trinajstić information content (AvgIpc) is 2.05. The fraction of sp³-hybridized carbons (Fsp3) is 0.250. The Hall–Kier alpha value is -1.42. The van der Waals surface area contributed by atoms with E-state index in [1.54, 1.807) is 13.0 Å². The van der Waals surface area contributed by atoms with Crippen molar-refractivity contribution in [3.05, 3.63) is 24.3 Å². The molecular formula is C8H13NO3. The van der Waals surface area contributed by atoms with Gasteiger partial charge >= 0.3 is 5.97 Å². The molecule has 2 N–H and O–H groups in total. The van der Waals surface area contributed by atoms with Crippen LogP contribution in [0, 0.1) is 0 Å². The summed E-state index contributed by atoms with van der Waals surface area (Å²) >= 11 is 0. The van der Waals surface area contributed by atoms with Crippen molar-refractivity contribution in [3.63, 3.8) is 0 Å². The van der Waals surface area contributed by atoms with E-state index >= 15 is 0 Å². The van der Waals surface area contributed by atoms with Crippen LogP contribution in [0.3, 0.4) is 0 Å². The molecule has 0 saturated carbocycles. The van der Waals surface area contributed by atoms with Gasteiger partial charge in [0.05, 0.1) is 0 Å². The highest BCUT2D eigenvalue weighted by Crippen LogP contribution is 1.85. The molecule has 0 heterocycles. The van der Waals surface area contributed by atoms with E-state index in [0.29, 0.717) is 5.57 Å². The second-order valence-electron chi connectivity index (χ2n) is 1.85. The molecule has 68 valence electrons. The number of hydrogen-bond acceptors (Lipinski definition) is 4. The lowest BCUT2D eigenvalue weighted by atomic mass is 10.4. The van der Waals surface area contributed by atoms with Crippen LogP contribution in [-0.2, 0) is 14.4 Å². The van der Waals surface area contributed by atoms with Crippen LogP contribution < -0.4 is 5.90 Å². The van der Waals surface area contributed by atoms with Gasteiger partial charge in [0.15, 0.2) is 0 Å². The van der Waals surface area contributed by atoms with Crippen molar-refractivity contribution in [2.24, 2.45) is 5.90 Å². The monoisotopic (exact) mass is 171 g/mol. The Morgan fingerprint density at radius 3 is 2.08 bits per heavy atom. The number of carbonyl (C=O) groups is 2. The van der Waals surface area contributed by atoms with Crippen molar-refractivity contribution in [3.8, 4) is 0 Å². The topological polar surface area (TPSA) is 69.4 Å². The smallest absolute Gasteiger partial charge is 0.351 e. The molecule has 0 unspecified atom stereocenters. The lowest BCUT2D eigenvalue weighted by molar-refractivity contribution is -0.139. The molecule has 4 nitrogen and oxygen atoms in total. The van der Waals surface area contributed by atoms with E-state index in [1.165, 1.54) is 13.0 Å². The molecule has 0 fully saturated rings. The third-order valence-corrected chi connectivity index (χ3v) is 0.727. The van der Waals surface area contributed by atoms with Gasteiger partial charge in [0.25, 0.3) is 0 Å². The second kappa shape index (κ2) is 9.58. The van der Waals surface area contributed by atoms with Gasteiger partial charge in [-0.1, -0.05) is 12.7 Å². The van der Waals surface area contributed by atoms with Crippen LogP contribution in [0.4, 0.5) is 0 Å². The first-order valence-corrected chi connectivity index (χ1v) is 3.23. The third-order valence-electron chi connectivity index (χ3n) is 0.727. The van der Waals surface area contributed by atoms with Gasteiger partial charge in [0, 0.05) is 5.57 Å². The van der Waals surface area contributed by atoms with E-state index in [1.807, 2.05) is 0 Å². The molecule has 4 heteroatoms. The van der Waals surface area contributed by atoms with Gasteiger partial charge in [-0.3, -0.25) is 4.79 Å². The molecule has 0 spiro atoms. The molecule has 0 aromatic rings. The van der Waals surface area contributed by atoms with E-state index in [9.17, 15) is 9.59 Å². The molecule has 0 aliphatic carbocycles. The minimum absolute atomic E-state index is 0.308. The number of hydrogen-bond donors (Lipinski definition) is 1. The standard InChI is InChI=1S/C4H7NO2.C4H6O/c1-3(2)4(6)7-5;1-2-3-4-5/h1,5H2,2H3;2-4H,1H3. The molecular weight excluding hydrogens is 158 g/mol. The molecule has 0 aromatic carbocycles. The van der Waals surface area contributed by atoms with Crippen LogP contribution in [0.15, 0.2) is 24.3 Å². The van der Waals surface area contributed by atoms with Crippen molar-refractivity contribution >= 4 is 12.3 Å². The Kier molecular flexibility index (Phi) is 10.5. The van der Waals surface area contributed by atoms with Gasteiger partial charge in [0.1, 0.15) is 6.29 Å². The quantitative estimate of drug-likeness (QED) is 0.378. The van der Waals surface area contributed by atoms with Crippen molar-refractivity contribution in [1.82, 2.24) is 0 Å². The first-order valence-electron chi connectivity index (χ1n) is 3.23. The maximum absolute atomic E-state index is 10.1. The summed E-state index contributed by atoms with van der Waals surface area (Å²) in [6.45, 7) is 6.59. The molecule has 0 saturated heterocycles. The summed E-state index contributed by atoms with van der Waals surface area (Å²) in [5.74, 6) is 3.89. The molecule has 12 heavy (non-hydrogen) atoms. The summed E-state index contributed by atoms with van der Waals surface area (Å²) in [5, 5.41) is 0. The van der Waals surface area contributed by atoms with Crippen LogP contribution in [-0.4, -0.2) is 12.3 Å². The summed E-state index contributed by atoms with van der Waals surface area (Å²) in [4.78, 5) is 23.2. The Morgan fingerprint density at radius 1 is 1.58 bits per heavy atom. The molecule has 0 aliphatic heterocycles. The normalized spacial score (nSPS) is 8.25. The van der Waals surface area contributed by atoms with Crippen LogP contribution in [0.5, 0.6) is 0 Å². The second-order valence-corrected chi connectivity index (χ2v) is 1.85. The fourth-order valence-corrected chi connectivity index (χ4v) is 0.179. The lowest BCUT2D eigenvalue weighted by Crippen LogP contribution is -2.09. The van der Waals surface area contributed by atoms with Gasteiger partial charge < -0.3 is 4.84 Å². The maximum Gasteiger partial charge on any atom is 0.351 e. The summed E-state index contributed by atoms with van der Waals surface area (Å²) < 4.78 is 0. The summed E-state index contributed by atoms with van der Waals surface area (Å²) in [5.41, 5.74) is 0.308. The predicted octanol–water partition coefficient (Wildman–Crippen LogP) is 0.741. The number of aldehydes is 1. The number of allylic oxidation sites excluding steroid dienone is 2. The highest BCUT2D eigenvalue weighted by atomic mass is 16.7. The number of carbonyl (C=O) groups excluding carboxylic acids is 2. The Morgan fingerprint density at radius 2 is 2.08 bits per heavy atom. The Labute approximate surface area is 71.7 Å². The Bertz CT molecular complexity index is 185. The van der Waals surface area contributed by atoms with Crippen LogP contribution >= 0.6 is 0 Å². The van der Waals surface area contributed by atoms with E-state index in [4.69, 9.17) is 0 Å². The fourth-order valence-electron chi connectivity index (χ4n) is 0.179. The van der Waals surface area contributed by atoms with Gasteiger partial charge in [0.2, 0.25) is 0 Å². The first kappa shape index (κ1) is 13.2.